The van der Waals surface area contributed by atoms with Gasteiger partial charge in [0.05, 0.1) is 24.4 Å². The lowest BCUT2D eigenvalue weighted by Crippen LogP contribution is -2.25. The molecule has 0 aliphatic carbocycles. The van der Waals surface area contributed by atoms with Gasteiger partial charge in [0.15, 0.2) is 0 Å². The zero-order valence-corrected chi connectivity index (χ0v) is 14.3. The highest BCUT2D eigenvalue weighted by Crippen LogP contribution is 2.16. The lowest BCUT2D eigenvalue weighted by molar-refractivity contribution is -0.137. The largest absolute Gasteiger partial charge is 0.497 e. The third-order valence-electron chi connectivity index (χ3n) is 3.96. The zero-order chi connectivity index (χ0) is 18.5. The zero-order valence-electron chi connectivity index (χ0n) is 14.3. The number of nitrogens with zero attached hydrogens (tertiary/aromatic N) is 2. The number of methoxy groups -OCH3 is 1. The van der Waals surface area contributed by atoms with Crippen molar-refractivity contribution in [2.24, 2.45) is 0 Å². The maximum Gasteiger partial charge on any atom is 0.305 e. The van der Waals surface area contributed by atoms with Gasteiger partial charge < -0.3 is 9.84 Å². The van der Waals surface area contributed by atoms with Gasteiger partial charge in [-0.05, 0) is 35.9 Å². The number of ether oxygens (including phenoxy) is 1. The second kappa shape index (κ2) is 7.65. The molecule has 0 amide bonds. The third-order valence-corrected chi connectivity index (χ3v) is 3.96. The second-order valence-electron chi connectivity index (χ2n) is 5.70. The van der Waals surface area contributed by atoms with E-state index in [0.29, 0.717) is 16.7 Å². The van der Waals surface area contributed by atoms with Crippen LogP contribution in [-0.2, 0) is 11.3 Å². The van der Waals surface area contributed by atoms with Crippen LogP contribution >= 0.6 is 0 Å². The van der Waals surface area contributed by atoms with Gasteiger partial charge in [-0.2, -0.15) is 0 Å². The fourth-order valence-corrected chi connectivity index (χ4v) is 2.65. The van der Waals surface area contributed by atoms with Crippen molar-refractivity contribution in [3.8, 4) is 5.75 Å². The number of fused-ring (bicyclic) bond motifs is 1. The van der Waals surface area contributed by atoms with Crippen LogP contribution in [0.25, 0.3) is 23.1 Å². The summed E-state index contributed by atoms with van der Waals surface area (Å²) >= 11 is 0. The molecule has 26 heavy (non-hydrogen) atoms. The Bertz CT molecular complexity index is 1040. The van der Waals surface area contributed by atoms with Gasteiger partial charge in [0.1, 0.15) is 11.6 Å². The van der Waals surface area contributed by atoms with Crippen molar-refractivity contribution < 1.29 is 14.6 Å². The van der Waals surface area contributed by atoms with E-state index < -0.39 is 5.97 Å². The molecule has 0 saturated heterocycles. The Morgan fingerprint density at radius 1 is 1.19 bits per heavy atom. The Morgan fingerprint density at radius 2 is 2.00 bits per heavy atom. The first kappa shape index (κ1) is 17.4. The minimum atomic E-state index is -0.965. The standard InChI is InChI=1S/C20H18N2O4/c1-26-15-6-4-5-14(13-15)9-10-18-21-17-8-3-2-7-16(17)20(25)22(18)12-11-19(23)24/h2-10,13H,11-12H2,1H3,(H,23,24)/b10-9+. The summed E-state index contributed by atoms with van der Waals surface area (Å²) in [5.74, 6) is 0.174. The SMILES string of the molecule is COc1cccc(/C=C/c2nc3ccccc3c(=O)n2CCC(=O)O)c1. The van der Waals surface area contributed by atoms with Crippen LogP contribution < -0.4 is 10.3 Å². The van der Waals surface area contributed by atoms with E-state index in [2.05, 4.69) is 4.98 Å². The second-order valence-corrected chi connectivity index (χ2v) is 5.70. The van der Waals surface area contributed by atoms with Gasteiger partial charge in [-0.15, -0.1) is 0 Å². The number of rotatable bonds is 6. The first-order chi connectivity index (χ1) is 12.6. The smallest absolute Gasteiger partial charge is 0.305 e. The molecule has 6 nitrogen and oxygen atoms in total. The Labute approximate surface area is 150 Å². The van der Waals surface area contributed by atoms with Gasteiger partial charge in [-0.25, -0.2) is 4.98 Å². The van der Waals surface area contributed by atoms with Crippen LogP contribution in [0.4, 0.5) is 0 Å². The highest BCUT2D eigenvalue weighted by atomic mass is 16.5. The molecule has 0 atom stereocenters. The summed E-state index contributed by atoms with van der Waals surface area (Å²) in [6.07, 6.45) is 3.38. The van der Waals surface area contributed by atoms with E-state index in [-0.39, 0.29) is 18.5 Å². The third kappa shape index (κ3) is 3.80. The Hall–Kier alpha value is -3.41. The van der Waals surface area contributed by atoms with E-state index in [9.17, 15) is 9.59 Å². The monoisotopic (exact) mass is 350 g/mol. The number of carboxylic acid groups (broad SMARTS) is 1. The molecule has 0 unspecified atom stereocenters. The van der Waals surface area contributed by atoms with Crippen molar-refractivity contribution in [1.29, 1.82) is 0 Å². The number of hydrogen-bond donors (Lipinski definition) is 1. The highest BCUT2D eigenvalue weighted by Gasteiger charge is 2.10. The Balaban J connectivity index is 2.07. The average Bonchev–Trinajstić information content (AvgIpc) is 2.66. The molecule has 6 heteroatoms. The van der Waals surface area contributed by atoms with E-state index in [1.54, 1.807) is 31.4 Å². The van der Waals surface area contributed by atoms with Crippen molar-refractivity contribution in [1.82, 2.24) is 9.55 Å². The summed E-state index contributed by atoms with van der Waals surface area (Å²) in [5, 5.41) is 9.44. The average molecular weight is 350 g/mol. The summed E-state index contributed by atoms with van der Waals surface area (Å²) in [6.45, 7) is 0.0593. The van der Waals surface area contributed by atoms with Gasteiger partial charge in [-0.3, -0.25) is 14.2 Å². The van der Waals surface area contributed by atoms with Crippen molar-refractivity contribution >= 4 is 29.0 Å². The van der Waals surface area contributed by atoms with Crippen LogP contribution in [0.1, 0.15) is 17.8 Å². The molecule has 0 saturated carbocycles. The molecule has 1 heterocycles. The molecule has 0 aliphatic rings. The predicted molar refractivity (Wildman–Crippen MR) is 100 cm³/mol. The number of aromatic nitrogens is 2. The van der Waals surface area contributed by atoms with E-state index in [0.717, 1.165) is 11.3 Å². The summed E-state index contributed by atoms with van der Waals surface area (Å²) < 4.78 is 6.60. The van der Waals surface area contributed by atoms with Crippen molar-refractivity contribution in [3.05, 3.63) is 70.3 Å². The molecule has 3 aromatic rings. The topological polar surface area (TPSA) is 81.4 Å². The molecule has 0 bridgehead atoms. The molecule has 2 aromatic carbocycles. The molecule has 132 valence electrons. The Morgan fingerprint density at radius 3 is 2.77 bits per heavy atom. The van der Waals surface area contributed by atoms with Crippen LogP contribution in [0.3, 0.4) is 0 Å². The summed E-state index contributed by atoms with van der Waals surface area (Å²) in [6, 6.07) is 14.5. The maximum absolute atomic E-state index is 12.7. The molecule has 3 rings (SSSR count). The van der Waals surface area contributed by atoms with Crippen molar-refractivity contribution in [3.63, 3.8) is 0 Å². The quantitative estimate of drug-likeness (QED) is 0.739. The molecule has 1 N–H and O–H groups in total. The summed E-state index contributed by atoms with van der Waals surface area (Å²) in [7, 11) is 1.59. The Kier molecular flexibility index (Phi) is 5.12. The number of carboxylic acids is 1. The van der Waals surface area contributed by atoms with Gasteiger partial charge in [0, 0.05) is 6.54 Å². The van der Waals surface area contributed by atoms with Crippen molar-refractivity contribution in [2.75, 3.05) is 7.11 Å². The maximum atomic E-state index is 12.7. The van der Waals surface area contributed by atoms with E-state index in [1.807, 2.05) is 36.4 Å². The van der Waals surface area contributed by atoms with Crippen LogP contribution in [0.15, 0.2) is 53.3 Å². The summed E-state index contributed by atoms with van der Waals surface area (Å²) in [5.41, 5.74) is 1.22. The van der Waals surface area contributed by atoms with Gasteiger partial charge >= 0.3 is 5.97 Å². The number of aliphatic carboxylic acids is 1. The first-order valence-electron chi connectivity index (χ1n) is 8.12. The molecule has 0 radical (unpaired) electrons. The fourth-order valence-electron chi connectivity index (χ4n) is 2.65. The van der Waals surface area contributed by atoms with E-state index in [1.165, 1.54) is 4.57 Å². The van der Waals surface area contributed by atoms with Crippen LogP contribution in [0.5, 0.6) is 5.75 Å². The minimum absolute atomic E-state index is 0.0593. The van der Waals surface area contributed by atoms with Gasteiger partial charge in [-0.1, -0.05) is 30.3 Å². The fraction of sp³-hybridized carbons (Fsp3) is 0.150. The summed E-state index contributed by atoms with van der Waals surface area (Å²) in [4.78, 5) is 28.2. The number of benzene rings is 2. The first-order valence-corrected chi connectivity index (χ1v) is 8.12. The number of para-hydroxylation sites is 1. The molecule has 0 fully saturated rings. The lowest BCUT2D eigenvalue weighted by Gasteiger charge is -2.10. The van der Waals surface area contributed by atoms with Gasteiger partial charge in [0.25, 0.3) is 5.56 Å². The number of hydrogen-bond acceptors (Lipinski definition) is 4. The molecule has 0 spiro atoms. The molecular formula is C20H18N2O4. The van der Waals surface area contributed by atoms with Crippen LogP contribution in [0.2, 0.25) is 0 Å². The molecule has 0 aliphatic heterocycles. The van der Waals surface area contributed by atoms with Crippen LogP contribution in [0, 0.1) is 0 Å². The lowest BCUT2D eigenvalue weighted by atomic mass is 10.2. The van der Waals surface area contributed by atoms with Crippen LogP contribution in [-0.4, -0.2) is 27.7 Å². The van der Waals surface area contributed by atoms with E-state index in [4.69, 9.17) is 9.84 Å². The van der Waals surface area contributed by atoms with Gasteiger partial charge in [0.2, 0.25) is 0 Å². The molecular weight excluding hydrogens is 332 g/mol. The predicted octanol–water partition coefficient (Wildman–Crippen LogP) is 3.05. The minimum Gasteiger partial charge on any atom is -0.497 e. The van der Waals surface area contributed by atoms with E-state index >= 15 is 0 Å². The molecule has 1 aromatic heterocycles. The normalized spacial score (nSPS) is 11.1. The van der Waals surface area contributed by atoms with Crippen molar-refractivity contribution in [2.45, 2.75) is 13.0 Å². The number of carbonyl (C=O) groups is 1. The highest BCUT2D eigenvalue weighted by molar-refractivity contribution is 5.79.